The van der Waals surface area contributed by atoms with Gasteiger partial charge in [0.1, 0.15) is 0 Å². The van der Waals surface area contributed by atoms with Gasteiger partial charge in [0.05, 0.1) is 4.92 Å². The molecule has 4 nitrogen and oxygen atoms in total. The van der Waals surface area contributed by atoms with Gasteiger partial charge in [0, 0.05) is 29.4 Å². The van der Waals surface area contributed by atoms with E-state index in [1.165, 1.54) is 11.8 Å². The van der Waals surface area contributed by atoms with Gasteiger partial charge in [0.15, 0.2) is 0 Å². The van der Waals surface area contributed by atoms with E-state index in [0.717, 1.165) is 16.2 Å². The van der Waals surface area contributed by atoms with E-state index >= 15 is 0 Å². The highest BCUT2D eigenvalue weighted by molar-refractivity contribution is 7.99. The molecule has 0 heterocycles. The van der Waals surface area contributed by atoms with E-state index in [2.05, 4.69) is 0 Å². The Balaban J connectivity index is 2.76. The van der Waals surface area contributed by atoms with Gasteiger partial charge in [-0.25, -0.2) is 0 Å². The average molecular weight is 241 g/mol. The summed E-state index contributed by atoms with van der Waals surface area (Å²) in [6, 6.07) is 5.04. The maximum absolute atomic E-state index is 10.7. The minimum Gasteiger partial charge on any atom is -0.396 e. The molecule has 0 amide bonds. The number of benzene rings is 1. The van der Waals surface area contributed by atoms with Crippen molar-refractivity contribution < 1.29 is 10.0 Å². The molecule has 1 N–H and O–H groups in total. The quantitative estimate of drug-likeness (QED) is 0.489. The monoisotopic (exact) mass is 241 g/mol. The lowest BCUT2D eigenvalue weighted by Gasteiger charge is -2.07. The van der Waals surface area contributed by atoms with Crippen LogP contribution in [-0.4, -0.2) is 22.4 Å². The van der Waals surface area contributed by atoms with E-state index in [1.54, 1.807) is 12.1 Å². The molecule has 0 aliphatic rings. The molecule has 1 atom stereocenters. The third kappa shape index (κ3) is 3.83. The molecular formula is C11H15NO3S. The lowest BCUT2D eigenvalue weighted by Crippen LogP contribution is -2.03. The summed E-state index contributed by atoms with van der Waals surface area (Å²) >= 11 is 1.53. The van der Waals surface area contributed by atoms with E-state index < -0.39 is 0 Å². The van der Waals surface area contributed by atoms with E-state index in [4.69, 9.17) is 5.11 Å². The predicted molar refractivity (Wildman–Crippen MR) is 64.8 cm³/mol. The number of aryl methyl sites for hydroxylation is 1. The largest absolute Gasteiger partial charge is 0.396 e. The van der Waals surface area contributed by atoms with Crippen molar-refractivity contribution in [3.8, 4) is 0 Å². The van der Waals surface area contributed by atoms with Gasteiger partial charge in [-0.1, -0.05) is 6.92 Å². The summed E-state index contributed by atoms with van der Waals surface area (Å²) in [6.45, 7) is 3.92. The summed E-state index contributed by atoms with van der Waals surface area (Å²) in [6.07, 6.45) is 0. The number of non-ortho nitro benzene ring substituents is 1. The number of aliphatic hydroxyl groups is 1. The van der Waals surface area contributed by atoms with Crippen molar-refractivity contribution in [2.24, 2.45) is 5.92 Å². The Labute approximate surface area is 98.8 Å². The third-order valence-corrected chi connectivity index (χ3v) is 3.40. The number of thioether (sulfide) groups is 1. The molecule has 1 aromatic carbocycles. The first-order valence-corrected chi connectivity index (χ1v) is 6.01. The SMILES string of the molecule is Cc1cc(SCC(C)CO)cc([N+](=O)[O-])c1. The smallest absolute Gasteiger partial charge is 0.270 e. The first-order valence-electron chi connectivity index (χ1n) is 5.02. The number of hydrogen-bond acceptors (Lipinski definition) is 4. The van der Waals surface area contributed by atoms with Crippen LogP contribution >= 0.6 is 11.8 Å². The molecule has 1 aromatic rings. The Morgan fingerprint density at radius 2 is 2.19 bits per heavy atom. The van der Waals surface area contributed by atoms with Gasteiger partial charge in [0.25, 0.3) is 5.69 Å². The normalized spacial score (nSPS) is 12.4. The van der Waals surface area contributed by atoms with Gasteiger partial charge in [0.2, 0.25) is 0 Å². The molecule has 0 aromatic heterocycles. The molecule has 0 radical (unpaired) electrons. The summed E-state index contributed by atoms with van der Waals surface area (Å²) in [4.78, 5) is 11.2. The Morgan fingerprint density at radius 3 is 2.75 bits per heavy atom. The van der Waals surface area contributed by atoms with Gasteiger partial charge < -0.3 is 5.11 Å². The summed E-state index contributed by atoms with van der Waals surface area (Å²) in [5.74, 6) is 0.960. The van der Waals surface area contributed by atoms with E-state index in [1.807, 2.05) is 19.9 Å². The number of nitrogens with zero attached hydrogens (tertiary/aromatic N) is 1. The minimum absolute atomic E-state index is 0.124. The molecule has 0 saturated carbocycles. The second kappa shape index (κ2) is 5.86. The van der Waals surface area contributed by atoms with Crippen LogP contribution < -0.4 is 0 Å². The fourth-order valence-electron chi connectivity index (χ4n) is 1.21. The fourth-order valence-corrected chi connectivity index (χ4v) is 2.26. The molecule has 0 saturated heterocycles. The standard InChI is InChI=1S/C11H15NO3S/c1-8-3-10(12(14)15)5-11(4-8)16-7-9(2)6-13/h3-5,9,13H,6-7H2,1-2H3. The van der Waals surface area contributed by atoms with Gasteiger partial charge in [-0.3, -0.25) is 10.1 Å². The maximum atomic E-state index is 10.7. The molecule has 0 fully saturated rings. The van der Waals surface area contributed by atoms with Crippen molar-refractivity contribution in [2.75, 3.05) is 12.4 Å². The number of hydrogen-bond donors (Lipinski definition) is 1. The highest BCUT2D eigenvalue weighted by Crippen LogP contribution is 2.26. The zero-order valence-corrected chi connectivity index (χ0v) is 10.2. The summed E-state index contributed by atoms with van der Waals surface area (Å²) in [5.41, 5.74) is 1.01. The molecule has 0 bridgehead atoms. The van der Waals surface area contributed by atoms with Gasteiger partial charge in [-0.15, -0.1) is 11.8 Å². The summed E-state index contributed by atoms with van der Waals surface area (Å²) in [7, 11) is 0. The van der Waals surface area contributed by atoms with Crippen molar-refractivity contribution in [3.05, 3.63) is 33.9 Å². The zero-order valence-electron chi connectivity index (χ0n) is 9.34. The van der Waals surface area contributed by atoms with Crippen LogP contribution in [0.2, 0.25) is 0 Å². The topological polar surface area (TPSA) is 63.4 Å². The zero-order chi connectivity index (χ0) is 12.1. The molecule has 1 unspecified atom stereocenters. The van der Waals surface area contributed by atoms with Crippen LogP contribution in [0.4, 0.5) is 5.69 Å². The Hall–Kier alpha value is -1.07. The Morgan fingerprint density at radius 1 is 1.50 bits per heavy atom. The summed E-state index contributed by atoms with van der Waals surface area (Å²) in [5, 5.41) is 19.5. The molecule has 16 heavy (non-hydrogen) atoms. The molecule has 0 aliphatic heterocycles. The maximum Gasteiger partial charge on any atom is 0.270 e. The number of nitro benzene ring substituents is 1. The van der Waals surface area contributed by atoms with E-state index in [9.17, 15) is 10.1 Å². The van der Waals surface area contributed by atoms with Crippen LogP contribution in [0.5, 0.6) is 0 Å². The number of aliphatic hydroxyl groups excluding tert-OH is 1. The molecular weight excluding hydrogens is 226 g/mol. The van der Waals surface area contributed by atoms with E-state index in [0.29, 0.717) is 0 Å². The first kappa shape index (κ1) is 13.0. The number of nitro groups is 1. The van der Waals surface area contributed by atoms with Crippen molar-refractivity contribution in [2.45, 2.75) is 18.7 Å². The van der Waals surface area contributed by atoms with Crippen molar-refractivity contribution in [3.63, 3.8) is 0 Å². The second-order valence-corrected chi connectivity index (χ2v) is 4.95. The van der Waals surface area contributed by atoms with Gasteiger partial charge >= 0.3 is 0 Å². The molecule has 0 aliphatic carbocycles. The molecule has 1 rings (SSSR count). The Kier molecular flexibility index (Phi) is 4.76. The van der Waals surface area contributed by atoms with Crippen LogP contribution in [0, 0.1) is 23.0 Å². The fraction of sp³-hybridized carbons (Fsp3) is 0.455. The predicted octanol–water partition coefficient (Wildman–Crippen LogP) is 2.62. The Bertz CT molecular complexity index is 381. The number of rotatable bonds is 5. The third-order valence-electron chi connectivity index (χ3n) is 2.09. The average Bonchev–Trinajstić information content (AvgIpc) is 2.25. The first-order chi connectivity index (χ1) is 7.52. The minimum atomic E-state index is -0.382. The van der Waals surface area contributed by atoms with Crippen LogP contribution in [0.3, 0.4) is 0 Å². The van der Waals surface area contributed by atoms with Crippen molar-refractivity contribution in [1.82, 2.24) is 0 Å². The lowest BCUT2D eigenvalue weighted by atomic mass is 10.2. The highest BCUT2D eigenvalue weighted by atomic mass is 32.2. The molecule has 88 valence electrons. The van der Waals surface area contributed by atoms with E-state index in [-0.39, 0.29) is 23.1 Å². The van der Waals surface area contributed by atoms with Gasteiger partial charge in [-0.05, 0) is 24.5 Å². The van der Waals surface area contributed by atoms with Crippen LogP contribution in [0.15, 0.2) is 23.1 Å². The van der Waals surface area contributed by atoms with Crippen molar-refractivity contribution in [1.29, 1.82) is 0 Å². The highest BCUT2D eigenvalue weighted by Gasteiger charge is 2.09. The summed E-state index contributed by atoms with van der Waals surface area (Å²) < 4.78 is 0. The van der Waals surface area contributed by atoms with Gasteiger partial charge in [-0.2, -0.15) is 0 Å². The second-order valence-electron chi connectivity index (χ2n) is 3.86. The van der Waals surface area contributed by atoms with Crippen molar-refractivity contribution >= 4 is 17.4 Å². The lowest BCUT2D eigenvalue weighted by molar-refractivity contribution is -0.385. The molecule has 0 spiro atoms. The van der Waals surface area contributed by atoms with Crippen LogP contribution in [0.1, 0.15) is 12.5 Å². The van der Waals surface area contributed by atoms with Crippen LogP contribution in [0.25, 0.3) is 0 Å². The molecule has 5 heteroatoms. The van der Waals surface area contributed by atoms with Crippen LogP contribution in [-0.2, 0) is 0 Å².